The normalized spacial score (nSPS) is 10.5. The largest absolute Gasteiger partial charge is 0.487 e. The van der Waals surface area contributed by atoms with Gasteiger partial charge in [0.05, 0.1) is 5.02 Å². The fourth-order valence-electron chi connectivity index (χ4n) is 1.98. The van der Waals surface area contributed by atoms with E-state index in [1.54, 1.807) is 13.0 Å². The van der Waals surface area contributed by atoms with Gasteiger partial charge in [-0.1, -0.05) is 40.5 Å². The van der Waals surface area contributed by atoms with Gasteiger partial charge < -0.3 is 9.47 Å². The molecule has 5 heteroatoms. The molecule has 0 radical (unpaired) electrons. The van der Waals surface area contributed by atoms with Crippen LogP contribution in [-0.4, -0.2) is 5.97 Å². The lowest BCUT2D eigenvalue weighted by atomic mass is 10.1. The Hall–Kier alpha value is -1.52. The molecule has 0 saturated carbocycles. The van der Waals surface area contributed by atoms with Crippen LogP contribution in [0, 0.1) is 13.8 Å². The van der Waals surface area contributed by atoms with E-state index in [2.05, 4.69) is 15.9 Å². The van der Waals surface area contributed by atoms with Crippen molar-refractivity contribution in [3.05, 3.63) is 56.5 Å². The first-order chi connectivity index (χ1) is 10.9. The van der Waals surface area contributed by atoms with Crippen molar-refractivity contribution < 1.29 is 14.3 Å². The van der Waals surface area contributed by atoms with Gasteiger partial charge in [0.2, 0.25) is 0 Å². The highest BCUT2D eigenvalue weighted by atomic mass is 79.9. The summed E-state index contributed by atoms with van der Waals surface area (Å²) in [5.74, 6) is 0.818. The third kappa shape index (κ3) is 4.49. The minimum absolute atomic E-state index is 0.246. The molecule has 3 nitrogen and oxygen atoms in total. The van der Waals surface area contributed by atoms with E-state index in [1.165, 1.54) is 0 Å². The summed E-state index contributed by atoms with van der Waals surface area (Å²) < 4.78 is 12.0. The van der Waals surface area contributed by atoms with Gasteiger partial charge in [-0.05, 0) is 49.2 Å². The highest BCUT2D eigenvalue weighted by molar-refractivity contribution is 9.10. The molecule has 0 aliphatic carbocycles. The Morgan fingerprint density at radius 2 is 1.87 bits per heavy atom. The fourth-order valence-corrected chi connectivity index (χ4v) is 2.72. The van der Waals surface area contributed by atoms with Gasteiger partial charge in [0.15, 0.2) is 0 Å². The first-order valence-electron chi connectivity index (χ1n) is 7.30. The monoisotopic (exact) mass is 396 g/mol. The van der Waals surface area contributed by atoms with Gasteiger partial charge in [-0.3, -0.25) is 4.79 Å². The summed E-state index contributed by atoms with van der Waals surface area (Å²) in [6, 6.07) is 9.23. The van der Waals surface area contributed by atoms with Crippen LogP contribution in [0.15, 0.2) is 34.8 Å². The van der Waals surface area contributed by atoms with Gasteiger partial charge in [-0.2, -0.15) is 0 Å². The summed E-state index contributed by atoms with van der Waals surface area (Å²) in [7, 11) is 0. The zero-order valence-electron chi connectivity index (χ0n) is 13.3. The van der Waals surface area contributed by atoms with Crippen LogP contribution in [0.1, 0.15) is 30.0 Å². The number of carbonyl (C=O) groups is 1. The first-order valence-corrected chi connectivity index (χ1v) is 8.47. The molecule has 0 fully saturated rings. The van der Waals surface area contributed by atoms with Gasteiger partial charge in [-0.25, -0.2) is 0 Å². The standard InChI is InChI=1S/C18H18BrClO3/c1-4-18(21)23-16-7-5-6-14(19)13(16)10-22-17-9-12(3)11(2)8-15(17)20/h5-9H,4,10H2,1-3H3. The molecule has 23 heavy (non-hydrogen) atoms. The highest BCUT2D eigenvalue weighted by Crippen LogP contribution is 2.32. The van der Waals surface area contributed by atoms with E-state index in [4.69, 9.17) is 21.1 Å². The highest BCUT2D eigenvalue weighted by Gasteiger charge is 2.13. The second kappa shape index (κ2) is 7.84. The van der Waals surface area contributed by atoms with Crippen LogP contribution < -0.4 is 9.47 Å². The number of esters is 1. The van der Waals surface area contributed by atoms with Gasteiger partial charge in [0.1, 0.15) is 18.1 Å². The smallest absolute Gasteiger partial charge is 0.310 e. The molecule has 0 amide bonds. The van der Waals surface area contributed by atoms with Crippen LogP contribution in [0.25, 0.3) is 0 Å². The maximum Gasteiger partial charge on any atom is 0.310 e. The van der Waals surface area contributed by atoms with E-state index in [9.17, 15) is 4.79 Å². The van der Waals surface area contributed by atoms with Crippen LogP contribution in [0.2, 0.25) is 5.02 Å². The third-order valence-electron chi connectivity index (χ3n) is 3.51. The molecule has 0 spiro atoms. The van der Waals surface area contributed by atoms with E-state index in [1.807, 2.05) is 38.1 Å². The number of halogens is 2. The zero-order chi connectivity index (χ0) is 17.0. The molecule has 0 heterocycles. The van der Waals surface area contributed by atoms with Crippen LogP contribution >= 0.6 is 27.5 Å². The van der Waals surface area contributed by atoms with Crippen molar-refractivity contribution >= 4 is 33.5 Å². The number of hydrogen-bond acceptors (Lipinski definition) is 3. The molecular weight excluding hydrogens is 380 g/mol. The van der Waals surface area contributed by atoms with E-state index >= 15 is 0 Å². The van der Waals surface area contributed by atoms with Crippen molar-refractivity contribution in [2.24, 2.45) is 0 Å². The van der Waals surface area contributed by atoms with Gasteiger partial charge >= 0.3 is 5.97 Å². The molecule has 0 saturated heterocycles. The summed E-state index contributed by atoms with van der Waals surface area (Å²) in [4.78, 5) is 11.6. The first kappa shape index (κ1) is 17.8. The number of rotatable bonds is 5. The average Bonchev–Trinajstić information content (AvgIpc) is 2.51. The lowest BCUT2D eigenvalue weighted by Crippen LogP contribution is -2.09. The molecule has 0 aliphatic rings. The molecule has 0 bridgehead atoms. The second-order valence-corrected chi connectivity index (χ2v) is 6.46. The second-order valence-electron chi connectivity index (χ2n) is 5.20. The van der Waals surface area contributed by atoms with E-state index < -0.39 is 0 Å². The Bertz CT molecular complexity index is 728. The van der Waals surface area contributed by atoms with E-state index in [0.29, 0.717) is 22.9 Å². The van der Waals surface area contributed by atoms with E-state index in [-0.39, 0.29) is 12.6 Å². The summed E-state index contributed by atoms with van der Waals surface area (Å²) >= 11 is 9.70. The molecule has 2 aromatic rings. The lowest BCUT2D eigenvalue weighted by molar-refractivity contribution is -0.134. The zero-order valence-corrected chi connectivity index (χ0v) is 15.6. The Kier molecular flexibility index (Phi) is 6.08. The quantitative estimate of drug-likeness (QED) is 0.485. The van der Waals surface area contributed by atoms with Crippen molar-refractivity contribution in [1.82, 2.24) is 0 Å². The maximum atomic E-state index is 11.6. The molecule has 2 rings (SSSR count). The number of carbonyl (C=O) groups excluding carboxylic acids is 1. The van der Waals surface area contributed by atoms with Gasteiger partial charge in [-0.15, -0.1) is 0 Å². The molecule has 0 aromatic heterocycles. The summed E-state index contributed by atoms with van der Waals surface area (Å²) in [5, 5.41) is 0.562. The predicted octanol–water partition coefficient (Wildman–Crippen LogP) is 5.61. The molecule has 0 unspecified atom stereocenters. The third-order valence-corrected chi connectivity index (χ3v) is 4.55. The number of aryl methyl sites for hydroxylation is 2. The van der Waals surface area contributed by atoms with Crippen molar-refractivity contribution in [2.75, 3.05) is 0 Å². The van der Waals surface area contributed by atoms with Crippen molar-refractivity contribution in [2.45, 2.75) is 33.8 Å². The lowest BCUT2D eigenvalue weighted by Gasteiger charge is -2.14. The Morgan fingerprint density at radius 3 is 2.57 bits per heavy atom. The molecule has 0 atom stereocenters. The molecular formula is C18H18BrClO3. The Labute approximate surface area is 149 Å². The Balaban J connectivity index is 2.23. The van der Waals surface area contributed by atoms with Crippen molar-refractivity contribution in [1.29, 1.82) is 0 Å². The fraction of sp³-hybridized carbons (Fsp3) is 0.278. The van der Waals surface area contributed by atoms with Crippen LogP contribution in [-0.2, 0) is 11.4 Å². The number of benzene rings is 2. The van der Waals surface area contributed by atoms with E-state index in [0.717, 1.165) is 21.2 Å². The average molecular weight is 398 g/mol. The molecule has 0 aliphatic heterocycles. The molecule has 122 valence electrons. The molecule has 2 aromatic carbocycles. The number of hydrogen-bond donors (Lipinski definition) is 0. The summed E-state index contributed by atoms with van der Waals surface area (Å²) in [6.07, 6.45) is 0.315. The molecule has 0 N–H and O–H groups in total. The van der Waals surface area contributed by atoms with Crippen LogP contribution in [0.4, 0.5) is 0 Å². The summed E-state index contributed by atoms with van der Waals surface area (Å²) in [5.41, 5.74) is 2.98. The minimum Gasteiger partial charge on any atom is -0.487 e. The topological polar surface area (TPSA) is 35.5 Å². The Morgan fingerprint density at radius 1 is 1.17 bits per heavy atom. The van der Waals surface area contributed by atoms with Gasteiger partial charge in [0, 0.05) is 16.5 Å². The number of ether oxygens (including phenoxy) is 2. The minimum atomic E-state index is -0.284. The SMILES string of the molecule is CCC(=O)Oc1cccc(Br)c1COc1cc(C)c(C)cc1Cl. The van der Waals surface area contributed by atoms with Crippen molar-refractivity contribution in [3.63, 3.8) is 0 Å². The maximum absolute atomic E-state index is 11.6. The van der Waals surface area contributed by atoms with Crippen LogP contribution in [0.5, 0.6) is 11.5 Å². The predicted molar refractivity (Wildman–Crippen MR) is 95.3 cm³/mol. The van der Waals surface area contributed by atoms with Gasteiger partial charge in [0.25, 0.3) is 0 Å². The summed E-state index contributed by atoms with van der Waals surface area (Å²) in [6.45, 7) is 6.01. The van der Waals surface area contributed by atoms with Crippen molar-refractivity contribution in [3.8, 4) is 11.5 Å². The van der Waals surface area contributed by atoms with Crippen LogP contribution in [0.3, 0.4) is 0 Å².